The monoisotopic (exact) mass is 250 g/mol. The minimum absolute atomic E-state index is 0.000638. The normalized spacial score (nSPS) is 10.1. The van der Waals surface area contributed by atoms with Gasteiger partial charge in [0.05, 0.1) is 11.5 Å². The summed E-state index contributed by atoms with van der Waals surface area (Å²) in [6.07, 6.45) is 2.38. The van der Waals surface area contributed by atoms with E-state index in [0.717, 1.165) is 12.1 Å². The molecule has 0 atom stereocenters. The fraction of sp³-hybridized carbons (Fsp3) is 0.385. The largest absolute Gasteiger partial charge is 0.486 e. The maximum Gasteiger partial charge on any atom is 0.310 e. The second-order valence-corrected chi connectivity index (χ2v) is 3.77. The summed E-state index contributed by atoms with van der Waals surface area (Å²) in [7, 11) is 0. The molecule has 0 fully saturated rings. The van der Waals surface area contributed by atoms with Crippen LogP contribution in [-0.2, 0) is 6.54 Å². The van der Waals surface area contributed by atoms with Gasteiger partial charge in [0.15, 0.2) is 5.75 Å². The molecule has 0 aromatic heterocycles. The van der Waals surface area contributed by atoms with Crippen molar-refractivity contribution in [3.63, 3.8) is 0 Å². The highest BCUT2D eigenvalue weighted by molar-refractivity contribution is 5.48. The fourth-order valence-corrected chi connectivity index (χ4v) is 1.46. The van der Waals surface area contributed by atoms with Crippen molar-refractivity contribution in [1.29, 1.82) is 0 Å². The average molecular weight is 250 g/mol. The molecule has 0 unspecified atom stereocenters. The highest BCUT2D eigenvalue weighted by Crippen LogP contribution is 2.28. The lowest BCUT2D eigenvalue weighted by Crippen LogP contribution is -2.12. The van der Waals surface area contributed by atoms with Gasteiger partial charge in [-0.1, -0.05) is 19.1 Å². The molecule has 0 aliphatic rings. The van der Waals surface area contributed by atoms with Gasteiger partial charge in [0.25, 0.3) is 0 Å². The molecule has 0 bridgehead atoms. The Balaban J connectivity index is 2.85. The molecule has 1 N–H and O–H groups in total. The van der Waals surface area contributed by atoms with Crippen molar-refractivity contribution in [3.05, 3.63) is 46.5 Å². The molecule has 98 valence electrons. The van der Waals surface area contributed by atoms with Gasteiger partial charge in [-0.3, -0.25) is 10.1 Å². The van der Waals surface area contributed by atoms with Crippen LogP contribution in [0.3, 0.4) is 0 Å². The third-order valence-electron chi connectivity index (χ3n) is 2.38. The van der Waals surface area contributed by atoms with Crippen LogP contribution < -0.4 is 10.1 Å². The van der Waals surface area contributed by atoms with Crippen molar-refractivity contribution in [3.8, 4) is 5.75 Å². The molecular formula is C13H18N2O3. The van der Waals surface area contributed by atoms with Crippen LogP contribution in [0.1, 0.15) is 18.9 Å². The number of hydrogen-bond donors (Lipinski definition) is 1. The zero-order valence-corrected chi connectivity index (χ0v) is 10.5. The molecule has 5 heteroatoms. The van der Waals surface area contributed by atoms with Gasteiger partial charge in [0.2, 0.25) is 0 Å². The molecule has 0 spiro atoms. The second kappa shape index (κ2) is 7.45. The second-order valence-electron chi connectivity index (χ2n) is 3.77. The Hall–Kier alpha value is -1.88. The maximum atomic E-state index is 10.9. The van der Waals surface area contributed by atoms with E-state index in [2.05, 4.69) is 11.9 Å². The number of rotatable bonds is 8. The smallest absolute Gasteiger partial charge is 0.310 e. The standard InChI is InChI=1S/C13H18N2O3/c1-3-5-8-18-13-9-11(10-14-4-2)6-7-12(13)15(16)17/h3,6-7,9,14H,1,4-5,8,10H2,2H3. The minimum Gasteiger partial charge on any atom is -0.486 e. The van der Waals surface area contributed by atoms with E-state index in [-0.39, 0.29) is 5.69 Å². The van der Waals surface area contributed by atoms with Crippen molar-refractivity contribution in [1.82, 2.24) is 5.32 Å². The Bertz CT molecular complexity index is 419. The summed E-state index contributed by atoms with van der Waals surface area (Å²) in [5.74, 6) is 0.317. The molecular weight excluding hydrogens is 232 g/mol. The number of nitro benzene ring substituents is 1. The lowest BCUT2D eigenvalue weighted by atomic mass is 10.2. The zero-order valence-electron chi connectivity index (χ0n) is 10.5. The van der Waals surface area contributed by atoms with Gasteiger partial charge in [-0.05, 0) is 24.6 Å². The third-order valence-corrected chi connectivity index (χ3v) is 2.38. The van der Waals surface area contributed by atoms with E-state index in [1.807, 2.05) is 6.92 Å². The van der Waals surface area contributed by atoms with Crippen LogP contribution in [0.4, 0.5) is 5.69 Å². The van der Waals surface area contributed by atoms with Crippen molar-refractivity contribution >= 4 is 5.69 Å². The number of ether oxygens (including phenoxy) is 1. The Morgan fingerprint density at radius 1 is 1.56 bits per heavy atom. The molecule has 0 saturated carbocycles. The van der Waals surface area contributed by atoms with E-state index in [1.165, 1.54) is 6.07 Å². The van der Waals surface area contributed by atoms with Crippen molar-refractivity contribution in [2.24, 2.45) is 0 Å². The van der Waals surface area contributed by atoms with Crippen molar-refractivity contribution < 1.29 is 9.66 Å². The molecule has 1 aromatic rings. The molecule has 18 heavy (non-hydrogen) atoms. The van der Waals surface area contributed by atoms with Gasteiger partial charge in [-0.25, -0.2) is 0 Å². The van der Waals surface area contributed by atoms with Gasteiger partial charge in [0, 0.05) is 12.6 Å². The summed E-state index contributed by atoms with van der Waals surface area (Å²) >= 11 is 0. The van der Waals surface area contributed by atoms with Gasteiger partial charge in [-0.2, -0.15) is 0 Å². The molecule has 0 heterocycles. The average Bonchev–Trinajstić information content (AvgIpc) is 2.36. The molecule has 1 aromatic carbocycles. The summed E-state index contributed by atoms with van der Waals surface area (Å²) in [6.45, 7) is 7.51. The van der Waals surface area contributed by atoms with E-state index < -0.39 is 4.92 Å². The minimum atomic E-state index is -0.430. The first-order valence-corrected chi connectivity index (χ1v) is 5.90. The fourth-order valence-electron chi connectivity index (χ4n) is 1.46. The number of nitrogens with one attached hydrogen (secondary N) is 1. The van der Waals surface area contributed by atoms with E-state index in [4.69, 9.17) is 4.74 Å². The van der Waals surface area contributed by atoms with E-state index in [0.29, 0.717) is 25.3 Å². The van der Waals surface area contributed by atoms with Gasteiger partial charge >= 0.3 is 5.69 Å². The highest BCUT2D eigenvalue weighted by Gasteiger charge is 2.15. The first-order chi connectivity index (χ1) is 8.69. The molecule has 0 aliphatic carbocycles. The Morgan fingerprint density at radius 2 is 2.33 bits per heavy atom. The Kier molecular flexibility index (Phi) is 5.87. The molecule has 0 radical (unpaired) electrons. The summed E-state index contributed by atoms with van der Waals surface area (Å²) in [6, 6.07) is 4.93. The molecule has 1 rings (SSSR count). The topological polar surface area (TPSA) is 64.4 Å². The summed E-state index contributed by atoms with van der Waals surface area (Å²) in [4.78, 5) is 10.4. The summed E-state index contributed by atoms with van der Waals surface area (Å²) < 4.78 is 5.42. The predicted molar refractivity (Wildman–Crippen MR) is 70.8 cm³/mol. The van der Waals surface area contributed by atoms with Crippen molar-refractivity contribution in [2.45, 2.75) is 19.9 Å². The number of nitrogens with zero attached hydrogens (tertiary/aromatic N) is 1. The number of benzene rings is 1. The van der Waals surface area contributed by atoms with E-state index in [1.54, 1.807) is 18.2 Å². The Morgan fingerprint density at radius 3 is 2.94 bits per heavy atom. The number of nitro groups is 1. The van der Waals surface area contributed by atoms with Gasteiger partial charge in [0.1, 0.15) is 0 Å². The maximum absolute atomic E-state index is 10.9. The van der Waals surface area contributed by atoms with Crippen LogP contribution in [0.2, 0.25) is 0 Å². The van der Waals surface area contributed by atoms with Gasteiger partial charge in [-0.15, -0.1) is 6.58 Å². The SMILES string of the molecule is C=CCCOc1cc(CNCC)ccc1[N+](=O)[O-]. The van der Waals surface area contributed by atoms with E-state index in [9.17, 15) is 10.1 Å². The third kappa shape index (κ3) is 4.18. The number of hydrogen-bond acceptors (Lipinski definition) is 4. The highest BCUT2D eigenvalue weighted by atomic mass is 16.6. The van der Waals surface area contributed by atoms with Crippen LogP contribution in [0.25, 0.3) is 0 Å². The van der Waals surface area contributed by atoms with Crippen LogP contribution in [0, 0.1) is 10.1 Å². The molecule has 0 amide bonds. The van der Waals surface area contributed by atoms with Crippen LogP contribution in [0.15, 0.2) is 30.9 Å². The molecule has 0 saturated heterocycles. The van der Waals surface area contributed by atoms with Crippen LogP contribution in [-0.4, -0.2) is 18.1 Å². The van der Waals surface area contributed by atoms with Crippen molar-refractivity contribution in [2.75, 3.05) is 13.2 Å². The van der Waals surface area contributed by atoms with Crippen LogP contribution in [0.5, 0.6) is 5.75 Å². The van der Waals surface area contributed by atoms with Gasteiger partial charge < -0.3 is 10.1 Å². The summed E-state index contributed by atoms with van der Waals surface area (Å²) in [5.41, 5.74) is 0.968. The molecule has 0 aliphatic heterocycles. The van der Waals surface area contributed by atoms with Crippen LogP contribution >= 0.6 is 0 Å². The summed E-state index contributed by atoms with van der Waals surface area (Å²) in [5, 5.41) is 14.0. The zero-order chi connectivity index (χ0) is 13.4. The quantitative estimate of drug-likeness (QED) is 0.333. The molecule has 5 nitrogen and oxygen atoms in total. The Labute approximate surface area is 107 Å². The van der Waals surface area contributed by atoms with E-state index >= 15 is 0 Å². The lowest BCUT2D eigenvalue weighted by Gasteiger charge is -2.08. The first-order valence-electron chi connectivity index (χ1n) is 5.90. The predicted octanol–water partition coefficient (Wildman–Crippen LogP) is 2.66. The first kappa shape index (κ1) is 14.2. The lowest BCUT2D eigenvalue weighted by molar-refractivity contribution is -0.385.